The lowest BCUT2D eigenvalue weighted by Crippen LogP contribution is -2.25. The van der Waals surface area contributed by atoms with Crippen LogP contribution in [0.15, 0.2) is 47.3 Å². The van der Waals surface area contributed by atoms with E-state index in [-0.39, 0.29) is 5.92 Å². The average Bonchev–Trinajstić information content (AvgIpc) is 2.59. The molecule has 0 saturated heterocycles. The molecule has 24 heavy (non-hydrogen) atoms. The van der Waals surface area contributed by atoms with Crippen LogP contribution in [0.1, 0.15) is 38.8 Å². The second-order valence-electron chi connectivity index (χ2n) is 6.00. The highest BCUT2D eigenvalue weighted by atomic mass is 32.1. The summed E-state index contributed by atoms with van der Waals surface area (Å²) in [6.45, 7) is 7.80. The van der Waals surface area contributed by atoms with Crippen LogP contribution in [0.2, 0.25) is 0 Å². The molecule has 1 aromatic heterocycles. The lowest BCUT2D eigenvalue weighted by Gasteiger charge is -2.20. The van der Waals surface area contributed by atoms with Crippen molar-refractivity contribution >= 4 is 23.0 Å². The summed E-state index contributed by atoms with van der Waals surface area (Å²) in [5.41, 5.74) is 1.64. The quantitative estimate of drug-likeness (QED) is 0.801. The molecule has 1 atom stereocenters. The molecule has 6 heteroatoms. The van der Waals surface area contributed by atoms with Crippen molar-refractivity contribution in [3.8, 4) is 0 Å². The van der Waals surface area contributed by atoms with Gasteiger partial charge in [0.1, 0.15) is 5.76 Å². The topological polar surface area (TPSA) is 59.4 Å². The SMILES string of the molecule is CCCOC1=C/C(=N/C(=S)NCC(C)C)C=CC1c1cccnn1. The number of aliphatic imine (C=N–C) groups is 1. The number of nitrogens with one attached hydrogen (secondary N) is 1. The fourth-order valence-electron chi connectivity index (χ4n) is 2.17. The van der Waals surface area contributed by atoms with Crippen LogP contribution in [0.4, 0.5) is 0 Å². The summed E-state index contributed by atoms with van der Waals surface area (Å²) in [5, 5.41) is 11.8. The first kappa shape index (κ1) is 18.3. The third kappa shape index (κ3) is 5.53. The van der Waals surface area contributed by atoms with Crippen molar-refractivity contribution in [1.82, 2.24) is 15.5 Å². The molecule has 0 bridgehead atoms. The molecule has 0 spiro atoms. The minimum atomic E-state index is -0.0404. The van der Waals surface area contributed by atoms with Crippen LogP contribution < -0.4 is 5.32 Å². The molecule has 0 aromatic carbocycles. The molecule has 1 aliphatic carbocycles. The van der Waals surface area contributed by atoms with Gasteiger partial charge in [0.15, 0.2) is 5.11 Å². The van der Waals surface area contributed by atoms with Gasteiger partial charge in [0, 0.05) is 18.8 Å². The normalized spacial score (nSPS) is 18.6. The Balaban J connectivity index is 2.16. The van der Waals surface area contributed by atoms with Crippen molar-refractivity contribution < 1.29 is 4.74 Å². The van der Waals surface area contributed by atoms with Crippen LogP contribution in [-0.4, -0.2) is 34.2 Å². The van der Waals surface area contributed by atoms with Gasteiger partial charge in [-0.25, -0.2) is 4.99 Å². The zero-order valence-corrected chi connectivity index (χ0v) is 15.2. The van der Waals surface area contributed by atoms with Crippen LogP contribution in [0.25, 0.3) is 0 Å². The zero-order valence-electron chi connectivity index (χ0n) is 14.4. The highest BCUT2D eigenvalue weighted by Crippen LogP contribution is 2.28. The number of ether oxygens (including phenoxy) is 1. The van der Waals surface area contributed by atoms with E-state index in [1.165, 1.54) is 0 Å². The van der Waals surface area contributed by atoms with Gasteiger partial charge in [0.25, 0.3) is 0 Å². The Kier molecular flexibility index (Phi) is 7.06. The number of rotatable bonds is 6. The van der Waals surface area contributed by atoms with Crippen molar-refractivity contribution in [1.29, 1.82) is 0 Å². The second kappa shape index (κ2) is 9.27. The molecule has 0 fully saturated rings. The van der Waals surface area contributed by atoms with E-state index < -0.39 is 0 Å². The summed E-state index contributed by atoms with van der Waals surface area (Å²) in [6, 6.07) is 3.82. The van der Waals surface area contributed by atoms with Gasteiger partial charge in [-0.05, 0) is 42.8 Å². The molecule has 1 heterocycles. The summed E-state index contributed by atoms with van der Waals surface area (Å²) >= 11 is 5.28. The van der Waals surface area contributed by atoms with Crippen molar-refractivity contribution in [2.24, 2.45) is 10.9 Å². The number of hydrogen-bond donors (Lipinski definition) is 1. The lowest BCUT2D eigenvalue weighted by atomic mass is 9.96. The minimum absolute atomic E-state index is 0.0404. The molecule has 0 radical (unpaired) electrons. The highest BCUT2D eigenvalue weighted by Gasteiger charge is 2.21. The van der Waals surface area contributed by atoms with E-state index in [0.29, 0.717) is 17.6 Å². The monoisotopic (exact) mass is 344 g/mol. The van der Waals surface area contributed by atoms with E-state index in [1.54, 1.807) is 6.20 Å². The number of thiocarbonyl (C=S) groups is 1. The standard InChI is InChI=1S/C18H24N4OS/c1-4-10-23-17-11-14(21-18(24)19-12-13(2)3)7-8-15(17)16-6-5-9-20-22-16/h5-9,11,13,15H,4,10,12H2,1-3H3,(H,19,24)/b21-14+. The summed E-state index contributed by atoms with van der Waals surface area (Å²) < 4.78 is 5.91. The molecule has 1 aliphatic rings. The van der Waals surface area contributed by atoms with E-state index in [2.05, 4.69) is 41.3 Å². The Hall–Kier alpha value is -2.08. The number of aromatic nitrogens is 2. The predicted molar refractivity (Wildman–Crippen MR) is 101 cm³/mol. The molecule has 5 nitrogen and oxygen atoms in total. The fourth-order valence-corrected chi connectivity index (χ4v) is 2.35. The Bertz CT molecular complexity index is 638. The first-order valence-corrected chi connectivity index (χ1v) is 8.67. The van der Waals surface area contributed by atoms with E-state index >= 15 is 0 Å². The summed E-state index contributed by atoms with van der Waals surface area (Å²) in [7, 11) is 0. The summed E-state index contributed by atoms with van der Waals surface area (Å²) in [4.78, 5) is 4.45. The fraction of sp³-hybridized carbons (Fsp3) is 0.444. The largest absolute Gasteiger partial charge is 0.497 e. The second-order valence-corrected chi connectivity index (χ2v) is 6.38. The van der Waals surface area contributed by atoms with Crippen LogP contribution in [0, 0.1) is 5.92 Å². The van der Waals surface area contributed by atoms with Gasteiger partial charge in [0.2, 0.25) is 0 Å². The van der Waals surface area contributed by atoms with Gasteiger partial charge in [-0.1, -0.05) is 26.8 Å². The van der Waals surface area contributed by atoms with Crippen molar-refractivity contribution in [3.63, 3.8) is 0 Å². The molecular weight excluding hydrogens is 320 g/mol. The average molecular weight is 344 g/mol. The molecule has 1 aromatic rings. The number of nitrogens with zero attached hydrogens (tertiary/aromatic N) is 3. The molecule has 0 saturated carbocycles. The Morgan fingerprint density at radius 1 is 1.46 bits per heavy atom. The lowest BCUT2D eigenvalue weighted by molar-refractivity contribution is 0.199. The smallest absolute Gasteiger partial charge is 0.193 e. The van der Waals surface area contributed by atoms with Crippen LogP contribution in [0.3, 0.4) is 0 Å². The van der Waals surface area contributed by atoms with E-state index in [4.69, 9.17) is 17.0 Å². The van der Waals surface area contributed by atoms with Crippen molar-refractivity contribution in [2.75, 3.05) is 13.2 Å². The summed E-state index contributed by atoms with van der Waals surface area (Å²) in [6.07, 6.45) is 8.51. The number of hydrogen-bond acceptors (Lipinski definition) is 4. The molecule has 0 amide bonds. The van der Waals surface area contributed by atoms with E-state index in [1.807, 2.05) is 30.4 Å². The maximum atomic E-state index is 5.91. The van der Waals surface area contributed by atoms with Crippen LogP contribution in [0.5, 0.6) is 0 Å². The predicted octanol–water partition coefficient (Wildman–Crippen LogP) is 3.41. The highest BCUT2D eigenvalue weighted by molar-refractivity contribution is 7.80. The number of allylic oxidation sites excluding steroid dienone is 3. The van der Waals surface area contributed by atoms with E-state index in [9.17, 15) is 0 Å². The molecular formula is C18H24N4OS. The molecule has 128 valence electrons. The first-order chi connectivity index (χ1) is 11.6. The van der Waals surface area contributed by atoms with Gasteiger partial charge in [0.05, 0.1) is 23.9 Å². The van der Waals surface area contributed by atoms with Gasteiger partial charge in [-0.2, -0.15) is 10.2 Å². The minimum Gasteiger partial charge on any atom is -0.497 e. The molecule has 0 aliphatic heterocycles. The Labute approximate surface area is 148 Å². The van der Waals surface area contributed by atoms with Gasteiger partial charge < -0.3 is 10.1 Å². The third-order valence-electron chi connectivity index (χ3n) is 3.33. The first-order valence-electron chi connectivity index (χ1n) is 8.26. The summed E-state index contributed by atoms with van der Waals surface area (Å²) in [5.74, 6) is 1.30. The van der Waals surface area contributed by atoms with E-state index in [0.717, 1.165) is 30.1 Å². The van der Waals surface area contributed by atoms with Crippen LogP contribution >= 0.6 is 12.2 Å². The maximum Gasteiger partial charge on any atom is 0.193 e. The molecule has 1 unspecified atom stereocenters. The zero-order chi connectivity index (χ0) is 17.4. The molecule has 2 rings (SSSR count). The van der Waals surface area contributed by atoms with Gasteiger partial charge >= 0.3 is 0 Å². The maximum absolute atomic E-state index is 5.91. The Morgan fingerprint density at radius 3 is 2.96 bits per heavy atom. The molecule has 1 N–H and O–H groups in total. The van der Waals surface area contributed by atoms with Crippen molar-refractivity contribution in [3.05, 3.63) is 48.0 Å². The third-order valence-corrected chi connectivity index (χ3v) is 3.57. The van der Waals surface area contributed by atoms with Gasteiger partial charge in [-0.15, -0.1) is 0 Å². The van der Waals surface area contributed by atoms with Crippen LogP contribution in [-0.2, 0) is 4.74 Å². The van der Waals surface area contributed by atoms with Crippen molar-refractivity contribution in [2.45, 2.75) is 33.1 Å². The Morgan fingerprint density at radius 2 is 2.29 bits per heavy atom. The van der Waals surface area contributed by atoms with Gasteiger partial charge in [-0.3, -0.25) is 0 Å².